The van der Waals surface area contributed by atoms with Gasteiger partial charge in [-0.2, -0.15) is 0 Å². The van der Waals surface area contributed by atoms with Gasteiger partial charge in [-0.15, -0.1) is 11.3 Å². The summed E-state index contributed by atoms with van der Waals surface area (Å²) >= 11 is 1.94. The molecule has 2 aromatic rings. The average molecular weight is 276 g/mol. The molecule has 1 aromatic carbocycles. The molecule has 0 radical (unpaired) electrons. The van der Waals surface area contributed by atoms with Crippen LogP contribution in [0.4, 0.5) is 0 Å². The van der Waals surface area contributed by atoms with Crippen LogP contribution in [0.25, 0.3) is 10.1 Å². The molecule has 19 heavy (non-hydrogen) atoms. The third-order valence-corrected chi connectivity index (χ3v) is 4.81. The summed E-state index contributed by atoms with van der Waals surface area (Å²) in [6, 6.07) is 8.79. The van der Waals surface area contributed by atoms with Crippen molar-refractivity contribution in [3.8, 4) is 0 Å². The summed E-state index contributed by atoms with van der Waals surface area (Å²) in [7, 11) is 0. The van der Waals surface area contributed by atoms with Crippen molar-refractivity contribution in [3.63, 3.8) is 0 Å². The first-order chi connectivity index (χ1) is 9.30. The van der Waals surface area contributed by atoms with Crippen molar-refractivity contribution in [3.05, 3.63) is 34.7 Å². The molecule has 0 aliphatic carbocycles. The lowest BCUT2D eigenvalue weighted by atomic mass is 10.1. The molecule has 104 valence electrons. The zero-order valence-electron chi connectivity index (χ0n) is 12.2. The molecule has 0 spiro atoms. The molecule has 0 fully saturated rings. The van der Waals surface area contributed by atoms with Gasteiger partial charge in [0, 0.05) is 22.7 Å². The smallest absolute Gasteiger partial charge is 0.0349 e. The number of rotatable bonds is 7. The lowest BCUT2D eigenvalue weighted by Crippen LogP contribution is -2.23. The van der Waals surface area contributed by atoms with E-state index in [0.29, 0.717) is 0 Å². The van der Waals surface area contributed by atoms with Gasteiger partial charge in [0.15, 0.2) is 0 Å². The van der Waals surface area contributed by atoms with E-state index in [1.54, 1.807) is 0 Å². The minimum Gasteiger partial charge on any atom is -0.312 e. The maximum atomic E-state index is 3.47. The highest BCUT2D eigenvalue weighted by Gasteiger charge is 2.13. The molecule has 2 rings (SSSR count). The van der Waals surface area contributed by atoms with Crippen LogP contribution in [0, 0.1) is 0 Å². The average Bonchev–Trinajstić information content (AvgIpc) is 2.80. The number of hydrogen-bond acceptors (Lipinski definition) is 3. The molecular weight excluding hydrogens is 252 g/mol. The number of thiophene rings is 1. The van der Waals surface area contributed by atoms with Crippen molar-refractivity contribution in [1.29, 1.82) is 0 Å². The van der Waals surface area contributed by atoms with Gasteiger partial charge in [-0.1, -0.05) is 39.0 Å². The van der Waals surface area contributed by atoms with Crippen LogP contribution < -0.4 is 5.32 Å². The topological polar surface area (TPSA) is 15.3 Å². The first kappa shape index (κ1) is 14.5. The Morgan fingerprint density at radius 1 is 1.11 bits per heavy atom. The summed E-state index contributed by atoms with van der Waals surface area (Å²) in [6.07, 6.45) is 0. The summed E-state index contributed by atoms with van der Waals surface area (Å²) in [6.45, 7) is 12.0. The van der Waals surface area contributed by atoms with Crippen molar-refractivity contribution in [2.24, 2.45) is 0 Å². The Kier molecular flexibility index (Phi) is 5.37. The number of fused-ring (bicyclic) bond motifs is 1. The van der Waals surface area contributed by atoms with E-state index >= 15 is 0 Å². The van der Waals surface area contributed by atoms with Crippen LogP contribution in [0.5, 0.6) is 0 Å². The summed E-state index contributed by atoms with van der Waals surface area (Å²) in [5, 5.41) is 4.90. The molecule has 0 aliphatic heterocycles. The molecule has 2 nitrogen and oxygen atoms in total. The van der Waals surface area contributed by atoms with Gasteiger partial charge in [0.2, 0.25) is 0 Å². The minimum atomic E-state index is 0.993. The lowest BCUT2D eigenvalue weighted by molar-refractivity contribution is 0.296. The highest BCUT2D eigenvalue weighted by Crippen LogP contribution is 2.32. The van der Waals surface area contributed by atoms with Gasteiger partial charge in [0.25, 0.3) is 0 Å². The first-order valence-electron chi connectivity index (χ1n) is 7.22. The molecule has 1 N–H and O–H groups in total. The molecule has 0 aliphatic rings. The minimum absolute atomic E-state index is 0.993. The van der Waals surface area contributed by atoms with Gasteiger partial charge in [-0.3, -0.25) is 4.90 Å². The van der Waals surface area contributed by atoms with E-state index in [2.05, 4.69) is 55.3 Å². The highest BCUT2D eigenvalue weighted by atomic mass is 32.1. The Bertz CT molecular complexity index is 514. The molecule has 0 saturated heterocycles. The lowest BCUT2D eigenvalue weighted by Gasteiger charge is -2.18. The summed E-state index contributed by atoms with van der Waals surface area (Å²) in [5.41, 5.74) is 1.52. The summed E-state index contributed by atoms with van der Waals surface area (Å²) < 4.78 is 1.41. The fraction of sp³-hybridized carbons (Fsp3) is 0.500. The normalized spacial score (nSPS) is 11.6. The Morgan fingerprint density at radius 2 is 1.84 bits per heavy atom. The maximum Gasteiger partial charge on any atom is 0.0349 e. The van der Waals surface area contributed by atoms with Crippen molar-refractivity contribution < 1.29 is 0 Å². The van der Waals surface area contributed by atoms with Gasteiger partial charge in [-0.05, 0) is 36.7 Å². The first-order valence-corrected chi connectivity index (χ1v) is 8.04. The quantitative estimate of drug-likeness (QED) is 0.826. The van der Waals surface area contributed by atoms with Crippen molar-refractivity contribution in [1.82, 2.24) is 10.2 Å². The zero-order valence-corrected chi connectivity index (χ0v) is 13.0. The molecule has 0 saturated carbocycles. The van der Waals surface area contributed by atoms with Crippen molar-refractivity contribution in [2.45, 2.75) is 33.9 Å². The van der Waals surface area contributed by atoms with Gasteiger partial charge in [-0.25, -0.2) is 0 Å². The Balaban J connectivity index is 2.35. The van der Waals surface area contributed by atoms with Gasteiger partial charge in [0.05, 0.1) is 0 Å². The SMILES string of the molecule is CCNCc1sc2ccccc2c1CN(CC)CC. The molecular formula is C16H24N2S. The fourth-order valence-electron chi connectivity index (χ4n) is 2.37. The molecule has 0 amide bonds. The molecule has 1 heterocycles. The van der Waals surface area contributed by atoms with E-state index < -0.39 is 0 Å². The molecule has 3 heteroatoms. The van der Waals surface area contributed by atoms with Crippen molar-refractivity contribution >= 4 is 21.4 Å². The standard InChI is InChI=1S/C16H24N2S/c1-4-17-11-16-14(12-18(5-2)6-3)13-9-7-8-10-15(13)19-16/h7-10,17H,4-6,11-12H2,1-3H3. The number of hydrogen-bond donors (Lipinski definition) is 1. The number of benzene rings is 1. The second kappa shape index (κ2) is 7.04. The molecule has 1 aromatic heterocycles. The van der Waals surface area contributed by atoms with Crippen LogP contribution in [0.2, 0.25) is 0 Å². The summed E-state index contributed by atoms with van der Waals surface area (Å²) in [4.78, 5) is 3.99. The molecule has 0 unspecified atom stereocenters. The van der Waals surface area contributed by atoms with E-state index in [0.717, 1.165) is 32.7 Å². The Hall–Kier alpha value is -0.900. The second-order valence-electron chi connectivity index (χ2n) is 4.74. The number of nitrogens with zero attached hydrogens (tertiary/aromatic N) is 1. The van der Waals surface area contributed by atoms with Gasteiger partial charge >= 0.3 is 0 Å². The predicted molar refractivity (Wildman–Crippen MR) is 85.8 cm³/mol. The van der Waals surface area contributed by atoms with Crippen LogP contribution in [-0.4, -0.2) is 24.5 Å². The largest absolute Gasteiger partial charge is 0.312 e. The zero-order chi connectivity index (χ0) is 13.7. The number of nitrogens with one attached hydrogen (secondary N) is 1. The fourth-order valence-corrected chi connectivity index (χ4v) is 3.56. The van der Waals surface area contributed by atoms with Crippen LogP contribution >= 0.6 is 11.3 Å². The Labute approximate surface area is 120 Å². The predicted octanol–water partition coefficient (Wildman–Crippen LogP) is 3.85. The van der Waals surface area contributed by atoms with Crippen LogP contribution in [0.3, 0.4) is 0 Å². The molecule has 0 atom stereocenters. The van der Waals surface area contributed by atoms with E-state index in [1.165, 1.54) is 20.5 Å². The third-order valence-electron chi connectivity index (χ3n) is 3.59. The van der Waals surface area contributed by atoms with E-state index in [-0.39, 0.29) is 0 Å². The Morgan fingerprint density at radius 3 is 2.53 bits per heavy atom. The van der Waals surface area contributed by atoms with Crippen LogP contribution in [0.1, 0.15) is 31.2 Å². The van der Waals surface area contributed by atoms with E-state index in [4.69, 9.17) is 0 Å². The molecule has 0 bridgehead atoms. The maximum absolute atomic E-state index is 3.47. The van der Waals surface area contributed by atoms with Gasteiger partial charge < -0.3 is 5.32 Å². The summed E-state index contributed by atoms with van der Waals surface area (Å²) in [5.74, 6) is 0. The monoisotopic (exact) mass is 276 g/mol. The third kappa shape index (κ3) is 3.35. The van der Waals surface area contributed by atoms with E-state index in [9.17, 15) is 0 Å². The van der Waals surface area contributed by atoms with E-state index in [1.807, 2.05) is 11.3 Å². The van der Waals surface area contributed by atoms with Crippen molar-refractivity contribution in [2.75, 3.05) is 19.6 Å². The van der Waals surface area contributed by atoms with Crippen LogP contribution in [0.15, 0.2) is 24.3 Å². The van der Waals surface area contributed by atoms with Gasteiger partial charge in [0.1, 0.15) is 0 Å². The van der Waals surface area contributed by atoms with Crippen LogP contribution in [-0.2, 0) is 13.1 Å². The second-order valence-corrected chi connectivity index (χ2v) is 5.88. The highest BCUT2D eigenvalue weighted by molar-refractivity contribution is 7.19.